The molecule has 24 heavy (non-hydrogen) atoms. The van der Waals surface area contributed by atoms with E-state index in [1.54, 1.807) is 10.9 Å². The maximum atomic E-state index is 6.16. The van der Waals surface area contributed by atoms with Crippen LogP contribution in [0.5, 0.6) is 0 Å². The first-order valence-corrected chi connectivity index (χ1v) is 8.09. The molecule has 6 nitrogen and oxygen atoms in total. The first kappa shape index (κ1) is 15.4. The van der Waals surface area contributed by atoms with Gasteiger partial charge in [-0.2, -0.15) is 10.2 Å². The molecule has 1 saturated heterocycles. The number of nitrogens with zero attached hydrogens (tertiary/aromatic N) is 4. The van der Waals surface area contributed by atoms with Crippen LogP contribution in [0.25, 0.3) is 16.6 Å². The van der Waals surface area contributed by atoms with Crippen LogP contribution < -0.4 is 5.46 Å². The summed E-state index contributed by atoms with van der Waals surface area (Å²) in [5.74, 6) is 0. The minimum atomic E-state index is -0.378. The Morgan fingerprint density at radius 3 is 2.33 bits per heavy atom. The Kier molecular flexibility index (Phi) is 3.17. The molecule has 0 saturated carbocycles. The average molecular weight is 324 g/mol. The van der Waals surface area contributed by atoms with E-state index in [1.807, 2.05) is 30.2 Å². The fourth-order valence-electron chi connectivity index (χ4n) is 2.88. The van der Waals surface area contributed by atoms with E-state index in [1.165, 1.54) is 0 Å². The number of hydrogen-bond donors (Lipinski definition) is 0. The van der Waals surface area contributed by atoms with Crippen molar-refractivity contribution in [2.75, 3.05) is 0 Å². The Bertz CT molecular complexity index is 896. The third-order valence-electron chi connectivity index (χ3n) is 5.06. The van der Waals surface area contributed by atoms with Crippen molar-refractivity contribution in [3.8, 4) is 5.69 Å². The zero-order valence-electron chi connectivity index (χ0n) is 14.6. The highest BCUT2D eigenvalue weighted by atomic mass is 16.7. The van der Waals surface area contributed by atoms with Gasteiger partial charge in [0.15, 0.2) is 0 Å². The molecular weight excluding hydrogens is 303 g/mol. The normalized spacial score (nSPS) is 19.3. The molecule has 0 spiro atoms. The van der Waals surface area contributed by atoms with Crippen molar-refractivity contribution in [3.05, 3.63) is 36.8 Å². The minimum Gasteiger partial charge on any atom is -0.399 e. The molecule has 1 aliphatic heterocycles. The van der Waals surface area contributed by atoms with Crippen LogP contribution in [0.1, 0.15) is 27.7 Å². The summed E-state index contributed by atoms with van der Waals surface area (Å²) in [6.45, 7) is 8.24. The molecule has 1 aliphatic rings. The summed E-state index contributed by atoms with van der Waals surface area (Å²) in [4.78, 5) is 0. The largest absolute Gasteiger partial charge is 0.494 e. The molecule has 0 aliphatic carbocycles. The molecular formula is C17H21BN4O2. The van der Waals surface area contributed by atoms with Gasteiger partial charge in [0.05, 0.1) is 35.3 Å². The van der Waals surface area contributed by atoms with Gasteiger partial charge in [0.2, 0.25) is 0 Å². The van der Waals surface area contributed by atoms with E-state index in [0.717, 1.165) is 22.1 Å². The van der Waals surface area contributed by atoms with Crippen molar-refractivity contribution in [1.29, 1.82) is 0 Å². The lowest BCUT2D eigenvalue weighted by molar-refractivity contribution is 0.00578. The third-order valence-corrected chi connectivity index (χ3v) is 5.06. The van der Waals surface area contributed by atoms with Crippen molar-refractivity contribution in [2.45, 2.75) is 38.9 Å². The highest BCUT2D eigenvalue weighted by Gasteiger charge is 2.51. The Morgan fingerprint density at radius 1 is 1.00 bits per heavy atom. The zero-order chi connectivity index (χ0) is 17.1. The summed E-state index contributed by atoms with van der Waals surface area (Å²) in [7, 11) is 1.52. The van der Waals surface area contributed by atoms with Gasteiger partial charge in [-0.25, -0.2) is 4.68 Å². The molecule has 124 valence electrons. The first-order valence-electron chi connectivity index (χ1n) is 8.09. The van der Waals surface area contributed by atoms with Crippen molar-refractivity contribution in [1.82, 2.24) is 19.6 Å². The second-order valence-corrected chi connectivity index (χ2v) is 7.34. The van der Waals surface area contributed by atoms with Crippen molar-refractivity contribution in [2.24, 2.45) is 7.05 Å². The Balaban J connectivity index is 1.76. The lowest BCUT2D eigenvalue weighted by Crippen LogP contribution is -2.41. The Morgan fingerprint density at radius 2 is 1.71 bits per heavy atom. The fourth-order valence-corrected chi connectivity index (χ4v) is 2.88. The second-order valence-electron chi connectivity index (χ2n) is 7.34. The molecule has 0 N–H and O–H groups in total. The molecule has 4 rings (SSSR count). The van der Waals surface area contributed by atoms with E-state index in [4.69, 9.17) is 9.31 Å². The standard InChI is InChI=1S/C17H21BN4O2/c1-16(2)17(3,4)24-18(23-16)13-7-6-12-9-20-22(15(12)8-13)14-10-19-21(5)11-14/h6-11H,1-5H3. The van der Waals surface area contributed by atoms with E-state index in [-0.39, 0.29) is 18.3 Å². The SMILES string of the molecule is Cn1cc(-n2ncc3ccc(B4OC(C)(C)C(C)(C)O4)cc32)cn1. The van der Waals surface area contributed by atoms with Gasteiger partial charge in [-0.3, -0.25) is 4.68 Å². The lowest BCUT2D eigenvalue weighted by atomic mass is 9.79. The molecule has 1 fully saturated rings. The monoisotopic (exact) mass is 324 g/mol. The van der Waals surface area contributed by atoms with Gasteiger partial charge in [-0.05, 0) is 39.2 Å². The van der Waals surface area contributed by atoms with Crippen molar-refractivity contribution < 1.29 is 9.31 Å². The molecule has 0 amide bonds. The predicted octanol–water partition coefficient (Wildman–Crippen LogP) is 2.06. The number of hydrogen-bond acceptors (Lipinski definition) is 4. The molecule has 0 bridgehead atoms. The Labute approximate surface area is 141 Å². The predicted molar refractivity (Wildman–Crippen MR) is 93.6 cm³/mol. The smallest absolute Gasteiger partial charge is 0.399 e. The number of benzene rings is 1. The summed E-state index contributed by atoms with van der Waals surface area (Å²) in [5, 5.41) is 9.78. The molecule has 0 atom stereocenters. The third kappa shape index (κ3) is 2.27. The maximum absolute atomic E-state index is 6.16. The van der Waals surface area contributed by atoms with E-state index in [0.29, 0.717) is 0 Å². The van der Waals surface area contributed by atoms with Gasteiger partial charge in [0.25, 0.3) is 0 Å². The van der Waals surface area contributed by atoms with Crippen LogP contribution in [0.2, 0.25) is 0 Å². The fraction of sp³-hybridized carbons (Fsp3) is 0.412. The number of fused-ring (bicyclic) bond motifs is 1. The van der Waals surface area contributed by atoms with Crippen molar-refractivity contribution in [3.63, 3.8) is 0 Å². The van der Waals surface area contributed by atoms with E-state index < -0.39 is 0 Å². The van der Waals surface area contributed by atoms with E-state index in [9.17, 15) is 0 Å². The summed E-state index contributed by atoms with van der Waals surface area (Å²) >= 11 is 0. The van der Waals surface area contributed by atoms with Gasteiger partial charge >= 0.3 is 7.12 Å². The summed E-state index contributed by atoms with van der Waals surface area (Å²) in [5.41, 5.74) is 2.23. The van der Waals surface area contributed by atoms with Crippen LogP contribution in [0.15, 0.2) is 36.8 Å². The van der Waals surface area contributed by atoms with Gasteiger partial charge in [-0.15, -0.1) is 0 Å². The molecule has 0 unspecified atom stereocenters. The van der Waals surface area contributed by atoms with Crippen LogP contribution in [0, 0.1) is 0 Å². The highest BCUT2D eigenvalue weighted by Crippen LogP contribution is 2.36. The van der Waals surface area contributed by atoms with Crippen LogP contribution >= 0.6 is 0 Å². The van der Waals surface area contributed by atoms with Crippen LogP contribution in [0.3, 0.4) is 0 Å². The van der Waals surface area contributed by atoms with Gasteiger partial charge in [0.1, 0.15) is 5.69 Å². The highest BCUT2D eigenvalue weighted by molar-refractivity contribution is 6.62. The molecule has 7 heteroatoms. The minimum absolute atomic E-state index is 0.351. The summed E-state index contributed by atoms with van der Waals surface area (Å²) < 4.78 is 16.0. The van der Waals surface area contributed by atoms with Crippen molar-refractivity contribution >= 4 is 23.5 Å². The number of aromatic nitrogens is 4. The van der Waals surface area contributed by atoms with Crippen LogP contribution in [0.4, 0.5) is 0 Å². The van der Waals surface area contributed by atoms with Gasteiger partial charge < -0.3 is 9.31 Å². The molecule has 3 aromatic rings. The molecule has 0 radical (unpaired) electrons. The average Bonchev–Trinajstić information content (AvgIpc) is 3.15. The Hall–Kier alpha value is -2.12. The van der Waals surface area contributed by atoms with E-state index in [2.05, 4.69) is 50.0 Å². The zero-order valence-corrected chi connectivity index (χ0v) is 14.6. The second kappa shape index (κ2) is 4.94. The van der Waals surface area contributed by atoms with Gasteiger partial charge in [0, 0.05) is 12.4 Å². The topological polar surface area (TPSA) is 54.1 Å². The van der Waals surface area contributed by atoms with Gasteiger partial charge in [-0.1, -0.05) is 12.1 Å². The molecule has 1 aromatic carbocycles. The quantitative estimate of drug-likeness (QED) is 0.677. The van der Waals surface area contributed by atoms with E-state index >= 15 is 0 Å². The van der Waals surface area contributed by atoms with Crippen LogP contribution in [-0.4, -0.2) is 37.9 Å². The number of aryl methyl sites for hydroxylation is 1. The number of rotatable bonds is 2. The summed E-state index contributed by atoms with van der Waals surface area (Å²) in [6.07, 6.45) is 5.60. The molecule has 2 aromatic heterocycles. The lowest BCUT2D eigenvalue weighted by Gasteiger charge is -2.32. The summed E-state index contributed by atoms with van der Waals surface area (Å²) in [6, 6.07) is 6.17. The maximum Gasteiger partial charge on any atom is 0.494 e. The molecule has 3 heterocycles. The first-order chi connectivity index (χ1) is 11.3. The van der Waals surface area contributed by atoms with Crippen LogP contribution in [-0.2, 0) is 16.4 Å².